The Morgan fingerprint density at radius 1 is 1.38 bits per heavy atom. The van der Waals surface area contributed by atoms with Crippen molar-refractivity contribution in [1.29, 1.82) is 0 Å². The van der Waals surface area contributed by atoms with Crippen molar-refractivity contribution >= 4 is 47.4 Å². The molecule has 0 atom stereocenters. The van der Waals surface area contributed by atoms with E-state index >= 15 is 0 Å². The number of thiophene rings is 1. The van der Waals surface area contributed by atoms with Gasteiger partial charge in [0.25, 0.3) is 0 Å². The van der Waals surface area contributed by atoms with Crippen LogP contribution in [0.3, 0.4) is 0 Å². The molecule has 0 aliphatic carbocycles. The number of hydrogen-bond donors (Lipinski definition) is 2. The number of halogens is 1. The molecule has 0 aromatic carbocycles. The molecule has 0 bridgehead atoms. The molecule has 6 nitrogen and oxygen atoms in total. The Kier molecular flexibility index (Phi) is 9.42. The third kappa shape index (κ3) is 6.46. The topological polar surface area (TPSA) is 80.0 Å². The molecule has 0 radical (unpaired) electrons. The fraction of sp³-hybridized carbons (Fsp3) is 0.625. The molecule has 3 N–H and O–H groups in total. The lowest BCUT2D eigenvalue weighted by Crippen LogP contribution is -2.48. The van der Waals surface area contributed by atoms with Gasteiger partial charge < -0.3 is 20.7 Å². The zero-order valence-corrected chi connectivity index (χ0v) is 17.4. The van der Waals surface area contributed by atoms with Gasteiger partial charge in [0.2, 0.25) is 0 Å². The van der Waals surface area contributed by atoms with Crippen LogP contribution in [0.25, 0.3) is 0 Å². The molecule has 1 amide bonds. The highest BCUT2D eigenvalue weighted by atomic mass is 127. The lowest BCUT2D eigenvalue weighted by molar-refractivity contribution is 0.0963. The summed E-state index contributed by atoms with van der Waals surface area (Å²) < 4.78 is 5.02. The molecule has 1 fully saturated rings. The second-order valence-corrected chi connectivity index (χ2v) is 6.78. The van der Waals surface area contributed by atoms with Crippen molar-refractivity contribution in [3.63, 3.8) is 0 Å². The maximum absolute atomic E-state index is 11.6. The van der Waals surface area contributed by atoms with Crippen molar-refractivity contribution in [3.05, 3.63) is 21.9 Å². The largest absolute Gasteiger partial charge is 0.450 e. The van der Waals surface area contributed by atoms with Crippen molar-refractivity contribution < 1.29 is 9.53 Å². The second-order valence-electron chi connectivity index (χ2n) is 5.53. The quantitative estimate of drug-likeness (QED) is 0.397. The van der Waals surface area contributed by atoms with Gasteiger partial charge in [0.1, 0.15) is 0 Å². The number of aliphatic imine (C=N–C) groups is 1. The van der Waals surface area contributed by atoms with Crippen LogP contribution in [0.5, 0.6) is 0 Å². The Hall–Kier alpha value is -1.03. The molecule has 1 aliphatic heterocycles. The number of ether oxygens (including phenoxy) is 1. The number of nitrogens with two attached hydrogens (primary N) is 1. The third-order valence-electron chi connectivity index (χ3n) is 3.84. The first-order valence-corrected chi connectivity index (χ1v) is 8.99. The molecule has 1 aliphatic rings. The summed E-state index contributed by atoms with van der Waals surface area (Å²) in [5.74, 6) is 0.478. The molecule has 8 heteroatoms. The Bertz CT molecular complexity index is 542. The smallest absolute Gasteiger partial charge is 0.409 e. The average Bonchev–Trinajstić information content (AvgIpc) is 3.02. The van der Waals surface area contributed by atoms with Crippen LogP contribution in [-0.2, 0) is 17.7 Å². The van der Waals surface area contributed by atoms with E-state index in [1.807, 2.05) is 6.92 Å². The van der Waals surface area contributed by atoms with Crippen molar-refractivity contribution in [1.82, 2.24) is 10.2 Å². The number of nitrogens with zero attached hydrogens (tertiary/aromatic N) is 2. The Balaban J connectivity index is 0.00000288. The summed E-state index contributed by atoms with van der Waals surface area (Å²) in [5, 5.41) is 3.25. The standard InChI is InChI=1S/C16H26N4O2S.HI/c1-3-13-5-6-14(23-13)11-18-15(17)19-12-7-9-20(10-8-12)16(21)22-4-2;/h5-6,12H,3-4,7-11H2,1-2H3,(H3,17,18,19);1H. The van der Waals surface area contributed by atoms with Gasteiger partial charge in [-0.2, -0.15) is 0 Å². The Labute approximate surface area is 164 Å². The number of carbonyl (C=O) groups excluding carboxylic acids is 1. The normalized spacial score (nSPS) is 15.8. The Morgan fingerprint density at radius 3 is 2.62 bits per heavy atom. The zero-order chi connectivity index (χ0) is 16.7. The number of hydrogen-bond acceptors (Lipinski definition) is 4. The summed E-state index contributed by atoms with van der Waals surface area (Å²) >= 11 is 1.78. The highest BCUT2D eigenvalue weighted by Gasteiger charge is 2.23. The van der Waals surface area contributed by atoms with Crippen LogP contribution in [0, 0.1) is 0 Å². The number of amides is 1. The van der Waals surface area contributed by atoms with Crippen LogP contribution < -0.4 is 11.1 Å². The van der Waals surface area contributed by atoms with Crippen molar-refractivity contribution in [3.8, 4) is 0 Å². The number of carbonyl (C=O) groups is 1. The minimum Gasteiger partial charge on any atom is -0.450 e. The van der Waals surface area contributed by atoms with Crippen LogP contribution >= 0.6 is 35.3 Å². The van der Waals surface area contributed by atoms with Gasteiger partial charge in [-0.25, -0.2) is 9.79 Å². The van der Waals surface area contributed by atoms with Gasteiger partial charge in [-0.15, -0.1) is 35.3 Å². The molecule has 24 heavy (non-hydrogen) atoms. The summed E-state index contributed by atoms with van der Waals surface area (Å²) in [6.07, 6.45) is 2.54. The summed E-state index contributed by atoms with van der Waals surface area (Å²) in [5.41, 5.74) is 5.97. The molecule has 1 aromatic rings. The summed E-state index contributed by atoms with van der Waals surface area (Å²) in [7, 11) is 0. The maximum Gasteiger partial charge on any atom is 0.409 e. The van der Waals surface area contributed by atoms with Gasteiger partial charge >= 0.3 is 6.09 Å². The van der Waals surface area contributed by atoms with Crippen molar-refractivity contribution in [2.75, 3.05) is 19.7 Å². The molecule has 0 spiro atoms. The number of guanidine groups is 1. The predicted octanol–water partition coefficient (Wildman–Crippen LogP) is 2.95. The second kappa shape index (κ2) is 10.8. The van der Waals surface area contributed by atoms with Gasteiger partial charge in [0.05, 0.1) is 13.2 Å². The van der Waals surface area contributed by atoms with E-state index < -0.39 is 0 Å². The first-order chi connectivity index (χ1) is 11.1. The minimum absolute atomic E-state index is 0. The van der Waals surface area contributed by atoms with Crippen LogP contribution in [0.15, 0.2) is 17.1 Å². The van der Waals surface area contributed by atoms with Crippen LogP contribution in [-0.4, -0.2) is 42.7 Å². The maximum atomic E-state index is 11.6. The average molecular weight is 466 g/mol. The fourth-order valence-electron chi connectivity index (χ4n) is 2.54. The molecule has 2 rings (SSSR count). The lowest BCUT2D eigenvalue weighted by Gasteiger charge is -2.31. The van der Waals surface area contributed by atoms with E-state index in [0.29, 0.717) is 32.2 Å². The zero-order valence-electron chi connectivity index (χ0n) is 14.3. The van der Waals surface area contributed by atoms with Crippen LogP contribution in [0.1, 0.15) is 36.4 Å². The fourth-order valence-corrected chi connectivity index (χ4v) is 3.42. The highest BCUT2D eigenvalue weighted by Crippen LogP contribution is 2.17. The van der Waals surface area contributed by atoms with Crippen molar-refractivity contribution in [2.45, 2.75) is 45.7 Å². The summed E-state index contributed by atoms with van der Waals surface area (Å²) in [4.78, 5) is 20.4. The number of likely N-dealkylation sites (tertiary alicyclic amines) is 1. The predicted molar refractivity (Wildman–Crippen MR) is 109 cm³/mol. The molecular weight excluding hydrogens is 439 g/mol. The van der Waals surface area contributed by atoms with E-state index in [2.05, 4.69) is 29.4 Å². The van der Waals surface area contributed by atoms with Gasteiger partial charge in [0.15, 0.2) is 5.96 Å². The van der Waals surface area contributed by atoms with Gasteiger partial charge in [0, 0.05) is 28.9 Å². The molecule has 1 saturated heterocycles. The first kappa shape index (κ1) is 21.0. The van der Waals surface area contributed by atoms with E-state index in [9.17, 15) is 4.79 Å². The van der Waals surface area contributed by atoms with Gasteiger partial charge in [-0.3, -0.25) is 0 Å². The summed E-state index contributed by atoms with van der Waals surface area (Å²) in [6.45, 7) is 6.38. The van der Waals surface area contributed by atoms with E-state index in [1.165, 1.54) is 9.75 Å². The Morgan fingerprint density at radius 2 is 2.04 bits per heavy atom. The van der Waals surface area contributed by atoms with Gasteiger partial charge in [-0.05, 0) is 38.3 Å². The van der Waals surface area contributed by atoms with Crippen molar-refractivity contribution in [2.24, 2.45) is 10.7 Å². The third-order valence-corrected chi connectivity index (χ3v) is 5.06. The number of rotatable bonds is 5. The molecule has 2 heterocycles. The lowest BCUT2D eigenvalue weighted by atomic mass is 10.1. The van der Waals surface area contributed by atoms with E-state index in [1.54, 1.807) is 16.2 Å². The highest BCUT2D eigenvalue weighted by molar-refractivity contribution is 14.0. The monoisotopic (exact) mass is 466 g/mol. The number of piperidine rings is 1. The first-order valence-electron chi connectivity index (χ1n) is 8.18. The number of nitrogens with one attached hydrogen (secondary N) is 1. The molecule has 136 valence electrons. The minimum atomic E-state index is -0.225. The SMILES string of the molecule is CCOC(=O)N1CCC(NC(N)=NCc2ccc(CC)s2)CC1.I. The summed E-state index contributed by atoms with van der Waals surface area (Å²) in [6, 6.07) is 4.52. The van der Waals surface area contributed by atoms with E-state index in [4.69, 9.17) is 10.5 Å². The van der Waals surface area contributed by atoms with Gasteiger partial charge in [-0.1, -0.05) is 6.92 Å². The van der Waals surface area contributed by atoms with Crippen LogP contribution in [0.2, 0.25) is 0 Å². The number of aryl methyl sites for hydroxylation is 1. The molecule has 1 aromatic heterocycles. The molecule has 0 unspecified atom stereocenters. The van der Waals surface area contributed by atoms with Crippen LogP contribution in [0.4, 0.5) is 4.79 Å². The van der Waals surface area contributed by atoms with E-state index in [-0.39, 0.29) is 36.1 Å². The molecule has 0 saturated carbocycles. The van der Waals surface area contributed by atoms with E-state index in [0.717, 1.165) is 19.3 Å². The molecular formula is C16H27IN4O2S.